The molecule has 0 amide bonds. The van der Waals surface area contributed by atoms with Crippen LogP contribution in [-0.2, 0) is 22.6 Å². The summed E-state index contributed by atoms with van der Waals surface area (Å²) in [5.41, 5.74) is 1.67. The highest BCUT2D eigenvalue weighted by molar-refractivity contribution is 5.85. The minimum atomic E-state index is -1.04. The Kier molecular flexibility index (Phi) is 5.89. The van der Waals surface area contributed by atoms with E-state index in [1.165, 1.54) is 5.01 Å². The first-order valence-electron chi connectivity index (χ1n) is 8.95. The Balaban J connectivity index is 1.85. The lowest BCUT2D eigenvalue weighted by atomic mass is 9.91. The van der Waals surface area contributed by atoms with E-state index in [0.717, 1.165) is 16.8 Å². The third-order valence-electron chi connectivity index (χ3n) is 4.61. The van der Waals surface area contributed by atoms with Gasteiger partial charge >= 0.3 is 5.97 Å². The molecule has 3 aromatic rings. The van der Waals surface area contributed by atoms with Crippen LogP contribution >= 0.6 is 0 Å². The normalized spacial score (nSPS) is 12.8. The van der Waals surface area contributed by atoms with Crippen molar-refractivity contribution in [1.82, 2.24) is 0 Å². The van der Waals surface area contributed by atoms with E-state index in [4.69, 9.17) is 10.6 Å². The molecule has 4 heteroatoms. The van der Waals surface area contributed by atoms with Crippen LogP contribution in [0.5, 0.6) is 0 Å². The van der Waals surface area contributed by atoms with Gasteiger partial charge in [0.1, 0.15) is 6.61 Å². The lowest BCUT2D eigenvalue weighted by Gasteiger charge is -2.37. The van der Waals surface area contributed by atoms with E-state index < -0.39 is 5.54 Å². The molecule has 27 heavy (non-hydrogen) atoms. The summed E-state index contributed by atoms with van der Waals surface area (Å²) in [6, 6.07) is 28.9. The molecule has 0 aliphatic heterocycles. The summed E-state index contributed by atoms with van der Waals surface area (Å²) >= 11 is 0. The van der Waals surface area contributed by atoms with Gasteiger partial charge < -0.3 is 4.74 Å². The summed E-state index contributed by atoms with van der Waals surface area (Å²) in [5.74, 6) is 6.06. The summed E-state index contributed by atoms with van der Waals surface area (Å²) in [7, 11) is 0. The molecule has 3 rings (SSSR count). The fraction of sp³-hybridized carbons (Fsp3) is 0.174. The average Bonchev–Trinajstić information content (AvgIpc) is 2.73. The maximum absolute atomic E-state index is 13.1. The van der Waals surface area contributed by atoms with Gasteiger partial charge in [0.05, 0.1) is 5.69 Å². The summed E-state index contributed by atoms with van der Waals surface area (Å²) in [6.45, 7) is 2.03. The summed E-state index contributed by atoms with van der Waals surface area (Å²) in [4.78, 5) is 13.1. The standard InChI is InChI=1S/C23H24N2O2/c1-23(17-19-11-5-2-6-12-19,25(24)21-15-9-4-10-16-21)22(26)27-18-20-13-7-3-8-14-20/h2-16H,17-18,24H2,1H3. The zero-order valence-electron chi connectivity index (χ0n) is 15.4. The Morgan fingerprint density at radius 3 is 1.89 bits per heavy atom. The molecule has 0 heterocycles. The van der Waals surface area contributed by atoms with Gasteiger partial charge in [-0.3, -0.25) is 5.01 Å². The van der Waals surface area contributed by atoms with E-state index in [9.17, 15) is 4.79 Å². The van der Waals surface area contributed by atoms with E-state index in [1.807, 2.05) is 97.9 Å². The summed E-state index contributed by atoms with van der Waals surface area (Å²) in [5, 5.41) is 1.51. The highest BCUT2D eigenvalue weighted by Gasteiger charge is 2.40. The lowest BCUT2D eigenvalue weighted by Crippen LogP contribution is -2.58. The van der Waals surface area contributed by atoms with Crippen LogP contribution in [0.15, 0.2) is 91.0 Å². The number of nitrogens with two attached hydrogens (primary N) is 1. The van der Waals surface area contributed by atoms with Crippen molar-refractivity contribution in [2.75, 3.05) is 5.01 Å². The number of nitrogens with zero attached hydrogens (tertiary/aromatic N) is 1. The number of carbonyl (C=O) groups excluding carboxylic acids is 1. The monoisotopic (exact) mass is 360 g/mol. The third-order valence-corrected chi connectivity index (χ3v) is 4.61. The van der Waals surface area contributed by atoms with Crippen LogP contribution in [0.1, 0.15) is 18.1 Å². The van der Waals surface area contributed by atoms with Gasteiger partial charge in [-0.1, -0.05) is 78.9 Å². The molecule has 0 spiro atoms. The maximum Gasteiger partial charge on any atom is 0.333 e. The number of hydrogen-bond acceptors (Lipinski definition) is 4. The largest absolute Gasteiger partial charge is 0.459 e. The average molecular weight is 360 g/mol. The number of esters is 1. The smallest absolute Gasteiger partial charge is 0.333 e. The second-order valence-corrected chi connectivity index (χ2v) is 6.70. The number of carbonyl (C=O) groups is 1. The lowest BCUT2D eigenvalue weighted by molar-refractivity contribution is -0.151. The van der Waals surface area contributed by atoms with Crippen LogP contribution < -0.4 is 10.9 Å². The number of para-hydroxylation sites is 1. The molecule has 0 radical (unpaired) electrons. The Hall–Kier alpha value is -3.11. The number of anilines is 1. The van der Waals surface area contributed by atoms with Crippen molar-refractivity contribution in [2.24, 2.45) is 5.84 Å². The van der Waals surface area contributed by atoms with Gasteiger partial charge in [0.15, 0.2) is 5.54 Å². The van der Waals surface area contributed by atoms with Gasteiger partial charge in [-0.05, 0) is 30.2 Å². The van der Waals surface area contributed by atoms with Crippen molar-refractivity contribution in [3.8, 4) is 0 Å². The molecule has 0 bridgehead atoms. The third kappa shape index (κ3) is 4.54. The molecule has 0 aromatic heterocycles. The first-order valence-corrected chi connectivity index (χ1v) is 8.95. The van der Waals surface area contributed by atoms with Crippen LogP contribution in [0.2, 0.25) is 0 Å². The molecule has 0 saturated heterocycles. The first kappa shape index (κ1) is 18.7. The molecule has 0 saturated carbocycles. The highest BCUT2D eigenvalue weighted by atomic mass is 16.5. The van der Waals surface area contributed by atoms with E-state index >= 15 is 0 Å². The minimum Gasteiger partial charge on any atom is -0.459 e. The number of benzene rings is 3. The van der Waals surface area contributed by atoms with Crippen molar-refractivity contribution in [1.29, 1.82) is 0 Å². The molecule has 2 N–H and O–H groups in total. The van der Waals surface area contributed by atoms with Gasteiger partial charge in [-0.25, -0.2) is 10.6 Å². The molecule has 1 atom stereocenters. The Morgan fingerprint density at radius 2 is 1.33 bits per heavy atom. The topological polar surface area (TPSA) is 55.6 Å². The Bertz CT molecular complexity index is 853. The van der Waals surface area contributed by atoms with Crippen LogP contribution in [0, 0.1) is 0 Å². The predicted octanol–water partition coefficient (Wildman–Crippen LogP) is 4.11. The zero-order chi connectivity index (χ0) is 19.1. The van der Waals surface area contributed by atoms with E-state index in [1.54, 1.807) is 0 Å². The zero-order valence-corrected chi connectivity index (χ0v) is 15.4. The van der Waals surface area contributed by atoms with Gasteiger partial charge in [-0.2, -0.15) is 0 Å². The second kappa shape index (κ2) is 8.52. The highest BCUT2D eigenvalue weighted by Crippen LogP contribution is 2.26. The molecule has 0 aliphatic rings. The molecule has 4 nitrogen and oxygen atoms in total. The van der Waals surface area contributed by atoms with Crippen molar-refractivity contribution in [3.05, 3.63) is 102 Å². The molecule has 1 unspecified atom stereocenters. The SMILES string of the molecule is CC(Cc1ccccc1)(C(=O)OCc1ccccc1)N(N)c1ccccc1. The van der Waals surface area contributed by atoms with Gasteiger partial charge in [-0.15, -0.1) is 0 Å². The number of hydrazine groups is 1. The Morgan fingerprint density at radius 1 is 0.852 bits per heavy atom. The van der Waals surface area contributed by atoms with Crippen LogP contribution in [0.3, 0.4) is 0 Å². The van der Waals surface area contributed by atoms with Gasteiger partial charge in [0, 0.05) is 6.42 Å². The summed E-state index contributed by atoms with van der Waals surface area (Å²) < 4.78 is 5.65. The van der Waals surface area contributed by atoms with Crippen molar-refractivity contribution in [3.63, 3.8) is 0 Å². The van der Waals surface area contributed by atoms with E-state index in [2.05, 4.69) is 0 Å². The van der Waals surface area contributed by atoms with Crippen molar-refractivity contribution in [2.45, 2.75) is 25.5 Å². The second-order valence-electron chi connectivity index (χ2n) is 6.70. The van der Waals surface area contributed by atoms with Crippen molar-refractivity contribution < 1.29 is 9.53 Å². The fourth-order valence-corrected chi connectivity index (χ4v) is 3.00. The van der Waals surface area contributed by atoms with Gasteiger partial charge in [0.25, 0.3) is 0 Å². The molecule has 0 aliphatic carbocycles. The first-order chi connectivity index (χ1) is 13.1. The quantitative estimate of drug-likeness (QED) is 0.391. The van der Waals surface area contributed by atoms with Gasteiger partial charge in [0.2, 0.25) is 0 Å². The molecule has 3 aromatic carbocycles. The predicted molar refractivity (Wildman–Crippen MR) is 108 cm³/mol. The van der Waals surface area contributed by atoms with Crippen molar-refractivity contribution >= 4 is 11.7 Å². The van der Waals surface area contributed by atoms with Crippen LogP contribution in [0.25, 0.3) is 0 Å². The molecule has 138 valence electrons. The Labute approximate surface area is 160 Å². The molecular formula is C23H24N2O2. The molecule has 0 fully saturated rings. The number of rotatable bonds is 7. The fourth-order valence-electron chi connectivity index (χ4n) is 3.00. The number of ether oxygens (including phenoxy) is 1. The minimum absolute atomic E-state index is 0.215. The number of hydrogen-bond donors (Lipinski definition) is 1. The van der Waals surface area contributed by atoms with E-state index in [-0.39, 0.29) is 12.6 Å². The van der Waals surface area contributed by atoms with E-state index in [0.29, 0.717) is 6.42 Å². The molecular weight excluding hydrogens is 336 g/mol. The van der Waals surface area contributed by atoms with Crippen LogP contribution in [-0.4, -0.2) is 11.5 Å². The summed E-state index contributed by atoms with van der Waals surface area (Å²) in [6.07, 6.45) is 0.437. The maximum atomic E-state index is 13.1. The van der Waals surface area contributed by atoms with Crippen LogP contribution in [0.4, 0.5) is 5.69 Å².